The number of ether oxygens (including phenoxy) is 2. The Kier molecular flexibility index (Phi) is 6.46. The summed E-state index contributed by atoms with van der Waals surface area (Å²) in [7, 11) is 0. The van der Waals surface area contributed by atoms with E-state index in [-0.39, 0.29) is 12.1 Å². The van der Waals surface area contributed by atoms with Gasteiger partial charge in [0, 0.05) is 37.9 Å². The van der Waals surface area contributed by atoms with E-state index in [1.807, 2.05) is 36.5 Å². The van der Waals surface area contributed by atoms with Crippen LogP contribution in [0.25, 0.3) is 0 Å². The number of anilines is 2. The summed E-state index contributed by atoms with van der Waals surface area (Å²) in [6.07, 6.45) is 6.56. The molecule has 29 heavy (non-hydrogen) atoms. The predicted octanol–water partition coefficient (Wildman–Crippen LogP) is 3.56. The standard InChI is InChI=1S/C22H28N4O3/c27-22(25-18-4-6-19(7-5-18)29-20-9-13-28-16-20)24-15-17-8-10-23-21(14-17)26-11-2-1-3-12-26/h4-8,10,14,20H,1-3,9,11-13,15-16H2,(H2,24,25,27)/t20-/m1/s1. The predicted molar refractivity (Wildman–Crippen MR) is 112 cm³/mol. The van der Waals surface area contributed by atoms with Crippen molar-refractivity contribution >= 4 is 17.5 Å². The van der Waals surface area contributed by atoms with Crippen molar-refractivity contribution in [2.75, 3.05) is 36.5 Å². The SMILES string of the molecule is O=C(NCc1ccnc(N2CCCCC2)c1)Nc1ccc(O[C@@H]2CCOC2)cc1. The molecular weight excluding hydrogens is 368 g/mol. The van der Waals surface area contributed by atoms with Crippen molar-refractivity contribution in [2.24, 2.45) is 0 Å². The molecule has 3 heterocycles. The second kappa shape index (κ2) is 9.60. The molecule has 0 aliphatic carbocycles. The molecule has 0 saturated carbocycles. The molecule has 1 aromatic heterocycles. The van der Waals surface area contributed by atoms with Crippen LogP contribution in [-0.4, -0.2) is 43.4 Å². The van der Waals surface area contributed by atoms with Gasteiger partial charge in [0.05, 0.1) is 13.2 Å². The molecule has 2 amide bonds. The van der Waals surface area contributed by atoms with Crippen LogP contribution in [0, 0.1) is 0 Å². The van der Waals surface area contributed by atoms with Gasteiger partial charge in [-0.1, -0.05) is 0 Å². The first-order valence-corrected chi connectivity index (χ1v) is 10.4. The Bertz CT molecular complexity index is 800. The van der Waals surface area contributed by atoms with E-state index in [0.29, 0.717) is 13.2 Å². The van der Waals surface area contributed by atoms with Crippen molar-refractivity contribution in [3.63, 3.8) is 0 Å². The molecule has 1 aromatic carbocycles. The minimum Gasteiger partial charge on any atom is -0.488 e. The molecule has 4 rings (SSSR count). The summed E-state index contributed by atoms with van der Waals surface area (Å²) >= 11 is 0. The molecule has 154 valence electrons. The van der Waals surface area contributed by atoms with E-state index in [1.54, 1.807) is 0 Å². The van der Waals surface area contributed by atoms with E-state index < -0.39 is 0 Å². The van der Waals surface area contributed by atoms with Crippen LogP contribution in [0.1, 0.15) is 31.2 Å². The molecule has 7 heteroatoms. The number of urea groups is 1. The van der Waals surface area contributed by atoms with Crippen molar-refractivity contribution in [2.45, 2.75) is 38.3 Å². The van der Waals surface area contributed by atoms with Crippen LogP contribution >= 0.6 is 0 Å². The van der Waals surface area contributed by atoms with Gasteiger partial charge in [0.25, 0.3) is 0 Å². The lowest BCUT2D eigenvalue weighted by Gasteiger charge is -2.27. The number of hydrogen-bond donors (Lipinski definition) is 2. The number of nitrogens with zero attached hydrogens (tertiary/aromatic N) is 2. The third-order valence-corrected chi connectivity index (χ3v) is 5.25. The van der Waals surface area contributed by atoms with Gasteiger partial charge in [0.15, 0.2) is 0 Å². The second-order valence-corrected chi connectivity index (χ2v) is 7.51. The van der Waals surface area contributed by atoms with Crippen molar-refractivity contribution in [3.8, 4) is 5.75 Å². The second-order valence-electron chi connectivity index (χ2n) is 7.51. The third-order valence-electron chi connectivity index (χ3n) is 5.25. The zero-order chi connectivity index (χ0) is 19.9. The number of piperidine rings is 1. The summed E-state index contributed by atoms with van der Waals surface area (Å²) in [5, 5.41) is 5.76. The number of rotatable bonds is 6. The fourth-order valence-corrected chi connectivity index (χ4v) is 3.64. The summed E-state index contributed by atoms with van der Waals surface area (Å²) in [6.45, 7) is 3.95. The van der Waals surface area contributed by atoms with E-state index in [9.17, 15) is 4.79 Å². The Morgan fingerprint density at radius 1 is 1.17 bits per heavy atom. The van der Waals surface area contributed by atoms with Crippen LogP contribution in [0.4, 0.5) is 16.3 Å². The maximum atomic E-state index is 12.2. The van der Waals surface area contributed by atoms with Crippen molar-refractivity contribution < 1.29 is 14.3 Å². The first-order chi connectivity index (χ1) is 14.3. The highest BCUT2D eigenvalue weighted by Gasteiger charge is 2.17. The zero-order valence-corrected chi connectivity index (χ0v) is 16.6. The van der Waals surface area contributed by atoms with E-state index in [0.717, 1.165) is 48.9 Å². The molecule has 0 radical (unpaired) electrons. The molecule has 2 N–H and O–H groups in total. The van der Waals surface area contributed by atoms with Crippen LogP contribution in [0.15, 0.2) is 42.6 Å². The Morgan fingerprint density at radius 2 is 2.00 bits per heavy atom. The van der Waals surface area contributed by atoms with Gasteiger partial charge in [-0.3, -0.25) is 0 Å². The van der Waals surface area contributed by atoms with Crippen LogP contribution in [0.5, 0.6) is 5.75 Å². The maximum absolute atomic E-state index is 12.2. The van der Waals surface area contributed by atoms with Crippen LogP contribution in [-0.2, 0) is 11.3 Å². The smallest absolute Gasteiger partial charge is 0.319 e. The summed E-state index contributed by atoms with van der Waals surface area (Å²) in [4.78, 5) is 19.0. The first-order valence-electron chi connectivity index (χ1n) is 10.4. The van der Waals surface area contributed by atoms with Gasteiger partial charge < -0.3 is 25.0 Å². The van der Waals surface area contributed by atoms with Gasteiger partial charge in [0.2, 0.25) is 0 Å². The molecule has 2 aliphatic heterocycles. The normalized spacial score (nSPS) is 19.0. The van der Waals surface area contributed by atoms with Gasteiger partial charge in [-0.2, -0.15) is 0 Å². The van der Waals surface area contributed by atoms with Crippen LogP contribution in [0.2, 0.25) is 0 Å². The molecule has 2 aliphatic rings. The highest BCUT2D eigenvalue weighted by Crippen LogP contribution is 2.20. The average Bonchev–Trinajstić information content (AvgIpc) is 3.28. The summed E-state index contributed by atoms with van der Waals surface area (Å²) in [6, 6.07) is 11.2. The van der Waals surface area contributed by atoms with E-state index >= 15 is 0 Å². The zero-order valence-electron chi connectivity index (χ0n) is 16.6. The molecule has 2 fully saturated rings. The lowest BCUT2D eigenvalue weighted by Crippen LogP contribution is -2.31. The summed E-state index contributed by atoms with van der Waals surface area (Å²) in [5.74, 6) is 1.78. The van der Waals surface area contributed by atoms with Gasteiger partial charge in [-0.15, -0.1) is 0 Å². The molecule has 2 saturated heterocycles. The molecule has 7 nitrogen and oxygen atoms in total. The van der Waals surface area contributed by atoms with Gasteiger partial charge >= 0.3 is 6.03 Å². The van der Waals surface area contributed by atoms with Crippen molar-refractivity contribution in [1.82, 2.24) is 10.3 Å². The Morgan fingerprint density at radius 3 is 2.76 bits per heavy atom. The number of nitrogens with one attached hydrogen (secondary N) is 2. The maximum Gasteiger partial charge on any atom is 0.319 e. The lowest BCUT2D eigenvalue weighted by atomic mass is 10.1. The number of hydrogen-bond acceptors (Lipinski definition) is 5. The topological polar surface area (TPSA) is 75.7 Å². The number of benzene rings is 1. The molecule has 0 bridgehead atoms. The Hall–Kier alpha value is -2.80. The van der Waals surface area contributed by atoms with Gasteiger partial charge in [-0.05, 0) is 61.2 Å². The monoisotopic (exact) mass is 396 g/mol. The molecule has 2 aromatic rings. The van der Waals surface area contributed by atoms with E-state index in [4.69, 9.17) is 9.47 Å². The largest absolute Gasteiger partial charge is 0.488 e. The lowest BCUT2D eigenvalue weighted by molar-refractivity contribution is 0.141. The number of aromatic nitrogens is 1. The van der Waals surface area contributed by atoms with Crippen LogP contribution < -0.4 is 20.3 Å². The minimum atomic E-state index is -0.237. The first kappa shape index (κ1) is 19.5. The van der Waals surface area contributed by atoms with Crippen molar-refractivity contribution in [1.29, 1.82) is 0 Å². The number of carbonyl (C=O) groups is 1. The highest BCUT2D eigenvalue weighted by molar-refractivity contribution is 5.89. The Balaban J connectivity index is 1.25. The van der Waals surface area contributed by atoms with Gasteiger partial charge in [-0.25, -0.2) is 9.78 Å². The summed E-state index contributed by atoms with van der Waals surface area (Å²) in [5.41, 5.74) is 1.76. The molecular formula is C22H28N4O3. The minimum absolute atomic E-state index is 0.118. The highest BCUT2D eigenvalue weighted by atomic mass is 16.5. The molecule has 0 spiro atoms. The quantitative estimate of drug-likeness (QED) is 0.781. The fourth-order valence-electron chi connectivity index (χ4n) is 3.64. The van der Waals surface area contributed by atoms with Crippen molar-refractivity contribution in [3.05, 3.63) is 48.2 Å². The number of carbonyl (C=O) groups excluding carboxylic acids is 1. The third kappa shape index (κ3) is 5.60. The number of pyridine rings is 1. The molecule has 0 unspecified atom stereocenters. The molecule has 1 atom stereocenters. The van der Waals surface area contributed by atoms with E-state index in [1.165, 1.54) is 19.3 Å². The fraction of sp³-hybridized carbons (Fsp3) is 0.455. The number of amides is 2. The van der Waals surface area contributed by atoms with Gasteiger partial charge in [0.1, 0.15) is 17.7 Å². The van der Waals surface area contributed by atoms with Crippen LogP contribution in [0.3, 0.4) is 0 Å². The Labute approximate surface area is 171 Å². The average molecular weight is 396 g/mol. The van der Waals surface area contributed by atoms with E-state index in [2.05, 4.69) is 26.6 Å². The summed E-state index contributed by atoms with van der Waals surface area (Å²) < 4.78 is 11.2.